The lowest BCUT2D eigenvalue weighted by Crippen LogP contribution is -2.41. The molecule has 1 aliphatic heterocycles. The molecule has 1 amide bonds. The fourth-order valence-corrected chi connectivity index (χ4v) is 5.10. The molecule has 0 atom stereocenters. The van der Waals surface area contributed by atoms with Crippen LogP contribution >= 0.6 is 0 Å². The summed E-state index contributed by atoms with van der Waals surface area (Å²) < 4.78 is 32.8. The van der Waals surface area contributed by atoms with Crippen molar-refractivity contribution in [1.82, 2.24) is 4.31 Å². The molecule has 160 valence electrons. The fraction of sp³-hybridized carbons (Fsp3) is 0.208. The zero-order valence-electron chi connectivity index (χ0n) is 17.0. The van der Waals surface area contributed by atoms with Crippen LogP contribution in [-0.2, 0) is 14.8 Å². The van der Waals surface area contributed by atoms with Crippen LogP contribution in [0, 0.1) is 5.92 Å². The molecule has 0 aliphatic carbocycles. The normalized spacial score (nSPS) is 15.4. The van der Waals surface area contributed by atoms with E-state index in [4.69, 9.17) is 4.74 Å². The number of anilines is 1. The first-order valence-electron chi connectivity index (χ1n) is 10.2. The lowest BCUT2D eigenvalue weighted by molar-refractivity contribution is -0.120. The Morgan fingerprint density at radius 1 is 0.839 bits per heavy atom. The minimum atomic E-state index is -3.52. The van der Waals surface area contributed by atoms with Crippen molar-refractivity contribution >= 4 is 21.6 Å². The first-order chi connectivity index (χ1) is 15.0. The first-order valence-corrected chi connectivity index (χ1v) is 11.7. The predicted molar refractivity (Wildman–Crippen MR) is 120 cm³/mol. The van der Waals surface area contributed by atoms with Crippen LogP contribution in [0.15, 0.2) is 89.8 Å². The molecule has 6 nitrogen and oxygen atoms in total. The molecule has 1 saturated heterocycles. The zero-order chi connectivity index (χ0) is 21.7. The van der Waals surface area contributed by atoms with E-state index >= 15 is 0 Å². The minimum absolute atomic E-state index is 0.103. The number of hydrogen-bond donors (Lipinski definition) is 1. The Kier molecular flexibility index (Phi) is 6.34. The number of piperidine rings is 1. The molecule has 1 aliphatic rings. The van der Waals surface area contributed by atoms with Crippen molar-refractivity contribution in [3.8, 4) is 11.5 Å². The molecule has 0 unspecified atom stereocenters. The number of rotatable bonds is 6. The van der Waals surface area contributed by atoms with Gasteiger partial charge in [-0.2, -0.15) is 4.31 Å². The summed E-state index contributed by atoms with van der Waals surface area (Å²) in [5, 5.41) is 2.94. The lowest BCUT2D eigenvalue weighted by Gasteiger charge is -2.30. The van der Waals surface area contributed by atoms with Gasteiger partial charge in [-0.1, -0.05) is 42.5 Å². The highest BCUT2D eigenvalue weighted by atomic mass is 32.2. The number of amides is 1. The fourth-order valence-electron chi connectivity index (χ4n) is 3.61. The number of carbonyl (C=O) groups excluding carboxylic acids is 1. The SMILES string of the molecule is O=C(Nc1cccc(Oc2ccccc2)c1)C1CCN(S(=O)(=O)c2ccccc2)CC1. The topological polar surface area (TPSA) is 75.7 Å². The molecule has 31 heavy (non-hydrogen) atoms. The predicted octanol–water partition coefficient (Wildman–Crippen LogP) is 4.52. The van der Waals surface area contributed by atoms with E-state index in [0.29, 0.717) is 37.4 Å². The van der Waals surface area contributed by atoms with Gasteiger partial charge < -0.3 is 10.1 Å². The van der Waals surface area contributed by atoms with Gasteiger partial charge in [-0.3, -0.25) is 4.79 Å². The number of ether oxygens (including phenoxy) is 1. The van der Waals surface area contributed by atoms with Gasteiger partial charge in [0.1, 0.15) is 11.5 Å². The smallest absolute Gasteiger partial charge is 0.243 e. The maximum absolute atomic E-state index is 12.8. The average molecular weight is 437 g/mol. The van der Waals surface area contributed by atoms with E-state index in [9.17, 15) is 13.2 Å². The molecule has 4 rings (SSSR count). The van der Waals surface area contributed by atoms with Crippen LogP contribution < -0.4 is 10.1 Å². The summed E-state index contributed by atoms with van der Waals surface area (Å²) in [5.41, 5.74) is 0.651. The molecule has 1 fully saturated rings. The van der Waals surface area contributed by atoms with Gasteiger partial charge in [-0.15, -0.1) is 0 Å². The molecule has 0 radical (unpaired) electrons. The monoisotopic (exact) mass is 436 g/mol. The summed E-state index contributed by atoms with van der Waals surface area (Å²) in [7, 11) is -3.52. The van der Waals surface area contributed by atoms with Gasteiger partial charge in [-0.05, 0) is 49.2 Å². The molecular formula is C24H24N2O4S. The Morgan fingerprint density at radius 2 is 1.45 bits per heavy atom. The van der Waals surface area contributed by atoms with Crippen LogP contribution in [0.3, 0.4) is 0 Å². The third-order valence-electron chi connectivity index (χ3n) is 5.29. The van der Waals surface area contributed by atoms with Crippen LogP contribution in [0.25, 0.3) is 0 Å². The Bertz CT molecular complexity index is 1130. The number of nitrogens with zero attached hydrogens (tertiary/aromatic N) is 1. The molecule has 1 N–H and O–H groups in total. The molecule has 0 aromatic heterocycles. The minimum Gasteiger partial charge on any atom is -0.457 e. The van der Waals surface area contributed by atoms with Crippen LogP contribution in [0.4, 0.5) is 5.69 Å². The van der Waals surface area contributed by atoms with E-state index < -0.39 is 10.0 Å². The van der Waals surface area contributed by atoms with Gasteiger partial charge in [-0.25, -0.2) is 8.42 Å². The van der Waals surface area contributed by atoms with Gasteiger partial charge >= 0.3 is 0 Å². The Labute approximate surface area is 182 Å². The third kappa shape index (κ3) is 5.13. The molecule has 0 bridgehead atoms. The number of benzene rings is 3. The average Bonchev–Trinajstić information content (AvgIpc) is 2.81. The summed E-state index contributed by atoms with van der Waals surface area (Å²) in [6.07, 6.45) is 0.968. The molecule has 1 heterocycles. The molecule has 3 aromatic rings. The summed E-state index contributed by atoms with van der Waals surface area (Å²) in [6.45, 7) is 0.652. The highest BCUT2D eigenvalue weighted by molar-refractivity contribution is 7.89. The maximum atomic E-state index is 12.8. The number of para-hydroxylation sites is 1. The largest absolute Gasteiger partial charge is 0.457 e. The summed E-state index contributed by atoms with van der Waals surface area (Å²) in [5.74, 6) is 1.01. The number of carbonyl (C=O) groups is 1. The van der Waals surface area contributed by atoms with E-state index in [1.54, 1.807) is 36.4 Å². The number of hydrogen-bond acceptors (Lipinski definition) is 4. The molecule has 0 spiro atoms. The summed E-state index contributed by atoms with van der Waals surface area (Å²) in [4.78, 5) is 13.0. The highest BCUT2D eigenvalue weighted by Gasteiger charge is 2.32. The van der Waals surface area contributed by atoms with Gasteiger partial charge in [0.15, 0.2) is 0 Å². The van der Waals surface area contributed by atoms with Crippen LogP contribution in [0.1, 0.15) is 12.8 Å². The second-order valence-corrected chi connectivity index (χ2v) is 9.36. The lowest BCUT2D eigenvalue weighted by atomic mass is 9.97. The van der Waals surface area contributed by atoms with Crippen molar-refractivity contribution in [1.29, 1.82) is 0 Å². The third-order valence-corrected chi connectivity index (χ3v) is 7.20. The van der Waals surface area contributed by atoms with Crippen molar-refractivity contribution in [2.45, 2.75) is 17.7 Å². The highest BCUT2D eigenvalue weighted by Crippen LogP contribution is 2.27. The van der Waals surface area contributed by atoms with Crippen molar-refractivity contribution in [2.75, 3.05) is 18.4 Å². The van der Waals surface area contributed by atoms with E-state index in [1.165, 1.54) is 4.31 Å². The van der Waals surface area contributed by atoms with Crippen LogP contribution in [0.5, 0.6) is 11.5 Å². The Morgan fingerprint density at radius 3 is 2.13 bits per heavy atom. The maximum Gasteiger partial charge on any atom is 0.243 e. The summed E-state index contributed by atoms with van der Waals surface area (Å²) in [6, 6.07) is 25.1. The van der Waals surface area contributed by atoms with Crippen molar-refractivity contribution in [3.63, 3.8) is 0 Å². The van der Waals surface area contributed by atoms with Crippen molar-refractivity contribution in [2.24, 2.45) is 5.92 Å². The number of sulfonamides is 1. The Balaban J connectivity index is 1.35. The van der Waals surface area contributed by atoms with Gasteiger partial charge in [0.25, 0.3) is 0 Å². The van der Waals surface area contributed by atoms with Gasteiger partial charge in [0.05, 0.1) is 4.90 Å². The quantitative estimate of drug-likeness (QED) is 0.617. The van der Waals surface area contributed by atoms with Crippen LogP contribution in [-0.4, -0.2) is 31.7 Å². The second-order valence-electron chi connectivity index (χ2n) is 7.42. The van der Waals surface area contributed by atoms with Crippen LogP contribution in [0.2, 0.25) is 0 Å². The molecule has 7 heteroatoms. The molecule has 0 saturated carbocycles. The van der Waals surface area contributed by atoms with E-state index in [-0.39, 0.29) is 16.7 Å². The van der Waals surface area contributed by atoms with E-state index in [2.05, 4.69) is 5.32 Å². The summed E-state index contributed by atoms with van der Waals surface area (Å²) >= 11 is 0. The second kappa shape index (κ2) is 9.32. The first kappa shape index (κ1) is 21.1. The Hall–Kier alpha value is -3.16. The zero-order valence-corrected chi connectivity index (χ0v) is 17.8. The standard InChI is InChI=1S/C24H24N2O4S/c27-24(25-20-8-7-11-22(18-20)30-21-9-3-1-4-10-21)19-14-16-26(17-15-19)31(28,29)23-12-5-2-6-13-23/h1-13,18-19H,14-17H2,(H,25,27). The van der Waals surface area contributed by atoms with Crippen molar-refractivity contribution < 1.29 is 17.9 Å². The molecular weight excluding hydrogens is 412 g/mol. The van der Waals surface area contributed by atoms with Gasteiger partial charge in [0.2, 0.25) is 15.9 Å². The van der Waals surface area contributed by atoms with Gasteiger partial charge in [0, 0.05) is 30.8 Å². The van der Waals surface area contributed by atoms with E-state index in [0.717, 1.165) is 5.75 Å². The number of nitrogens with one attached hydrogen (secondary N) is 1. The van der Waals surface area contributed by atoms with E-state index in [1.807, 2.05) is 48.5 Å². The van der Waals surface area contributed by atoms with Crippen molar-refractivity contribution in [3.05, 3.63) is 84.9 Å². The molecule has 3 aromatic carbocycles.